The molecule has 0 saturated carbocycles. The van der Waals surface area contributed by atoms with Gasteiger partial charge in [-0.3, -0.25) is 9.69 Å². The maximum absolute atomic E-state index is 11.5. The zero-order chi connectivity index (χ0) is 15.8. The summed E-state index contributed by atoms with van der Waals surface area (Å²) in [5.74, 6) is 0.812. The average Bonchev–Trinajstić information content (AvgIpc) is 2.54. The molecule has 0 atom stereocenters. The van der Waals surface area contributed by atoms with Crippen LogP contribution in [0.25, 0.3) is 0 Å². The van der Waals surface area contributed by atoms with Gasteiger partial charge in [0, 0.05) is 19.7 Å². The molecule has 4 nitrogen and oxygen atoms in total. The second-order valence-corrected chi connectivity index (χ2v) is 6.19. The minimum Gasteiger partial charge on any atom is -0.372 e. The molecule has 0 aromatic heterocycles. The fourth-order valence-electron chi connectivity index (χ4n) is 2.69. The molecule has 1 aromatic rings. The van der Waals surface area contributed by atoms with E-state index in [1.54, 1.807) is 0 Å². The number of carbonyl (C=O) groups excluding carboxylic acids is 1. The Bertz CT molecular complexity index is 451. The largest absolute Gasteiger partial charge is 0.372 e. The van der Waals surface area contributed by atoms with Crippen LogP contribution < -0.4 is 5.32 Å². The van der Waals surface area contributed by atoms with Crippen LogP contribution in [0.5, 0.6) is 0 Å². The van der Waals surface area contributed by atoms with E-state index in [2.05, 4.69) is 41.4 Å². The van der Waals surface area contributed by atoms with Gasteiger partial charge in [-0.05, 0) is 49.9 Å². The second-order valence-electron chi connectivity index (χ2n) is 6.19. The fraction of sp³-hybridized carbons (Fsp3) is 0.611. The molecule has 22 heavy (non-hydrogen) atoms. The van der Waals surface area contributed by atoms with Crippen molar-refractivity contribution >= 4 is 5.91 Å². The second kappa shape index (κ2) is 8.91. The van der Waals surface area contributed by atoms with Crippen molar-refractivity contribution in [3.8, 4) is 0 Å². The number of amides is 1. The van der Waals surface area contributed by atoms with Gasteiger partial charge in [-0.1, -0.05) is 31.2 Å². The molecule has 1 heterocycles. The van der Waals surface area contributed by atoms with E-state index in [1.165, 1.54) is 31.5 Å². The maximum atomic E-state index is 11.5. The Morgan fingerprint density at radius 1 is 1.23 bits per heavy atom. The lowest BCUT2D eigenvalue weighted by atomic mass is 9.99. The van der Waals surface area contributed by atoms with Crippen molar-refractivity contribution in [2.75, 3.05) is 26.3 Å². The number of carbonyl (C=O) groups is 1. The first kappa shape index (κ1) is 17.0. The molecular weight excluding hydrogens is 276 g/mol. The molecule has 1 fully saturated rings. The first-order chi connectivity index (χ1) is 10.7. The third-order valence-corrected chi connectivity index (χ3v) is 4.23. The molecule has 122 valence electrons. The normalized spacial score (nSPS) is 16.6. The van der Waals surface area contributed by atoms with Crippen molar-refractivity contribution in [3.05, 3.63) is 35.4 Å². The van der Waals surface area contributed by atoms with Crippen molar-refractivity contribution in [2.45, 2.75) is 39.8 Å². The fourth-order valence-corrected chi connectivity index (χ4v) is 2.69. The van der Waals surface area contributed by atoms with Crippen molar-refractivity contribution in [2.24, 2.45) is 5.92 Å². The lowest BCUT2D eigenvalue weighted by molar-refractivity contribution is -0.125. The maximum Gasteiger partial charge on any atom is 0.246 e. The average molecular weight is 304 g/mol. The molecule has 1 amide bonds. The highest BCUT2D eigenvalue weighted by atomic mass is 16.5. The quantitative estimate of drug-likeness (QED) is 0.842. The van der Waals surface area contributed by atoms with Gasteiger partial charge in [-0.25, -0.2) is 0 Å². The molecule has 0 aliphatic carbocycles. The Morgan fingerprint density at radius 2 is 1.86 bits per heavy atom. The highest BCUT2D eigenvalue weighted by Gasteiger charge is 2.15. The van der Waals surface area contributed by atoms with E-state index in [-0.39, 0.29) is 12.5 Å². The van der Waals surface area contributed by atoms with E-state index >= 15 is 0 Å². The van der Waals surface area contributed by atoms with E-state index in [1.807, 2.05) is 6.92 Å². The number of ether oxygens (including phenoxy) is 1. The molecule has 1 saturated heterocycles. The molecule has 0 spiro atoms. The van der Waals surface area contributed by atoms with Crippen LogP contribution in [0.15, 0.2) is 24.3 Å². The zero-order valence-electron chi connectivity index (χ0n) is 13.8. The SMILES string of the molecule is CCOCC(=O)NCc1ccc(CN2CCC(C)CC2)cc1. The summed E-state index contributed by atoms with van der Waals surface area (Å²) in [6.45, 7) is 8.93. The molecule has 2 rings (SSSR count). The standard InChI is InChI=1S/C18H28N2O2/c1-3-22-14-18(21)19-12-16-4-6-17(7-5-16)13-20-10-8-15(2)9-11-20/h4-7,15H,3,8-14H2,1-2H3,(H,19,21). The summed E-state index contributed by atoms with van der Waals surface area (Å²) >= 11 is 0. The summed E-state index contributed by atoms with van der Waals surface area (Å²) in [7, 11) is 0. The zero-order valence-corrected chi connectivity index (χ0v) is 13.8. The number of benzene rings is 1. The highest BCUT2D eigenvalue weighted by Crippen LogP contribution is 2.18. The molecule has 1 aromatic carbocycles. The smallest absolute Gasteiger partial charge is 0.246 e. The van der Waals surface area contributed by atoms with Crippen molar-refractivity contribution in [1.82, 2.24) is 10.2 Å². The minimum atomic E-state index is -0.0617. The van der Waals surface area contributed by atoms with Gasteiger partial charge >= 0.3 is 0 Å². The number of rotatable bonds is 7. The van der Waals surface area contributed by atoms with Crippen LogP contribution in [0, 0.1) is 5.92 Å². The topological polar surface area (TPSA) is 41.6 Å². The van der Waals surface area contributed by atoms with Crippen molar-refractivity contribution < 1.29 is 9.53 Å². The number of nitrogens with one attached hydrogen (secondary N) is 1. The van der Waals surface area contributed by atoms with Crippen LogP contribution in [0.2, 0.25) is 0 Å². The molecule has 0 unspecified atom stereocenters. The Kier molecular flexibility index (Phi) is 6.87. The van der Waals surface area contributed by atoms with Crippen LogP contribution in [-0.4, -0.2) is 37.1 Å². The van der Waals surface area contributed by atoms with Crippen LogP contribution in [-0.2, 0) is 22.6 Å². The number of likely N-dealkylation sites (tertiary alicyclic amines) is 1. The molecule has 0 bridgehead atoms. The molecule has 1 aliphatic heterocycles. The lowest BCUT2D eigenvalue weighted by Gasteiger charge is -2.30. The number of nitrogens with zero attached hydrogens (tertiary/aromatic N) is 1. The highest BCUT2D eigenvalue weighted by molar-refractivity contribution is 5.77. The van der Waals surface area contributed by atoms with Gasteiger partial charge in [0.2, 0.25) is 5.91 Å². The molecular formula is C18H28N2O2. The van der Waals surface area contributed by atoms with Gasteiger partial charge in [0.25, 0.3) is 0 Å². The van der Waals surface area contributed by atoms with Gasteiger partial charge in [0.05, 0.1) is 0 Å². The van der Waals surface area contributed by atoms with Crippen LogP contribution in [0.1, 0.15) is 37.8 Å². The molecule has 4 heteroatoms. The van der Waals surface area contributed by atoms with Crippen LogP contribution in [0.4, 0.5) is 0 Å². The van der Waals surface area contributed by atoms with Gasteiger partial charge in [0.1, 0.15) is 6.61 Å². The van der Waals surface area contributed by atoms with Gasteiger partial charge in [0.15, 0.2) is 0 Å². The Hall–Kier alpha value is -1.39. The Labute approximate surface area is 133 Å². The summed E-state index contributed by atoms with van der Waals surface area (Å²) in [6, 6.07) is 8.54. The third kappa shape index (κ3) is 5.78. The molecule has 0 radical (unpaired) electrons. The summed E-state index contributed by atoms with van der Waals surface area (Å²) in [5, 5.41) is 2.87. The first-order valence-electron chi connectivity index (χ1n) is 8.32. The van der Waals surface area contributed by atoms with Gasteiger partial charge in [-0.2, -0.15) is 0 Å². The molecule has 1 N–H and O–H groups in total. The number of hydrogen-bond acceptors (Lipinski definition) is 3. The minimum absolute atomic E-state index is 0.0617. The van der Waals surface area contributed by atoms with Crippen molar-refractivity contribution in [3.63, 3.8) is 0 Å². The Morgan fingerprint density at radius 3 is 2.50 bits per heavy atom. The van der Waals surface area contributed by atoms with E-state index < -0.39 is 0 Å². The summed E-state index contributed by atoms with van der Waals surface area (Å²) < 4.78 is 5.08. The van der Waals surface area contributed by atoms with E-state index in [0.29, 0.717) is 13.2 Å². The predicted octanol–water partition coefficient (Wildman–Crippen LogP) is 2.57. The van der Waals surface area contributed by atoms with E-state index in [9.17, 15) is 4.79 Å². The molecule has 1 aliphatic rings. The monoisotopic (exact) mass is 304 g/mol. The van der Waals surface area contributed by atoms with Gasteiger partial charge < -0.3 is 10.1 Å². The van der Waals surface area contributed by atoms with E-state index in [0.717, 1.165) is 18.0 Å². The number of hydrogen-bond donors (Lipinski definition) is 1. The van der Waals surface area contributed by atoms with E-state index in [4.69, 9.17) is 4.74 Å². The summed E-state index contributed by atoms with van der Waals surface area (Å²) in [5.41, 5.74) is 2.47. The summed E-state index contributed by atoms with van der Waals surface area (Å²) in [4.78, 5) is 14.0. The lowest BCUT2D eigenvalue weighted by Crippen LogP contribution is -2.32. The van der Waals surface area contributed by atoms with Crippen molar-refractivity contribution in [1.29, 1.82) is 0 Å². The van der Waals surface area contributed by atoms with Gasteiger partial charge in [-0.15, -0.1) is 0 Å². The predicted molar refractivity (Wildman–Crippen MR) is 88.5 cm³/mol. The summed E-state index contributed by atoms with van der Waals surface area (Å²) in [6.07, 6.45) is 2.62. The number of piperidine rings is 1. The third-order valence-electron chi connectivity index (χ3n) is 4.23. The van der Waals surface area contributed by atoms with Crippen LogP contribution in [0.3, 0.4) is 0 Å². The van der Waals surface area contributed by atoms with Crippen LogP contribution >= 0.6 is 0 Å². The first-order valence-corrected chi connectivity index (χ1v) is 8.32. The Balaban J connectivity index is 1.74.